The summed E-state index contributed by atoms with van der Waals surface area (Å²) in [6.45, 7) is 1.65. The first-order valence-corrected chi connectivity index (χ1v) is 11.2. The van der Waals surface area contributed by atoms with E-state index in [0.717, 1.165) is 24.2 Å². The van der Waals surface area contributed by atoms with E-state index in [0.29, 0.717) is 48.1 Å². The number of carbonyl (C=O) groups is 5. The molecule has 1 spiro atoms. The monoisotopic (exact) mass is 471 g/mol. The molecule has 1 saturated carbocycles. The minimum absolute atomic E-state index is 0.365. The zero-order chi connectivity index (χ0) is 24.1. The van der Waals surface area contributed by atoms with Crippen LogP contribution in [0, 0.1) is 0 Å². The normalized spacial score (nSPS) is 25.4. The Hall–Kier alpha value is -3.83. The van der Waals surface area contributed by atoms with Crippen molar-refractivity contribution >= 4 is 29.8 Å². The van der Waals surface area contributed by atoms with E-state index < -0.39 is 47.4 Å². The first-order valence-electron chi connectivity index (χ1n) is 11.2. The van der Waals surface area contributed by atoms with Crippen molar-refractivity contribution in [1.82, 2.24) is 26.0 Å². The van der Waals surface area contributed by atoms with E-state index in [1.54, 1.807) is 18.2 Å². The predicted molar refractivity (Wildman–Crippen MR) is 114 cm³/mol. The highest BCUT2D eigenvalue weighted by Gasteiger charge is 2.53. The van der Waals surface area contributed by atoms with Gasteiger partial charge in [0.25, 0.3) is 17.7 Å². The maximum atomic E-state index is 13.2. The lowest BCUT2D eigenvalue weighted by Gasteiger charge is -2.30. The topological polar surface area (TPSA) is 146 Å². The lowest BCUT2D eigenvalue weighted by Crippen LogP contribution is -2.53. The van der Waals surface area contributed by atoms with Gasteiger partial charge in [0.15, 0.2) is 11.5 Å². The Morgan fingerprint density at radius 1 is 0.971 bits per heavy atom. The maximum Gasteiger partial charge on any atom is 0.344 e. The lowest BCUT2D eigenvalue weighted by molar-refractivity contribution is -0.141. The van der Waals surface area contributed by atoms with Gasteiger partial charge in [-0.05, 0) is 37.5 Å². The van der Waals surface area contributed by atoms with Crippen LogP contribution < -0.4 is 25.5 Å². The van der Waals surface area contributed by atoms with Crippen LogP contribution in [0.2, 0.25) is 0 Å². The van der Waals surface area contributed by atoms with Crippen molar-refractivity contribution in [2.45, 2.75) is 50.1 Å². The Morgan fingerprint density at radius 2 is 1.68 bits per heavy atom. The van der Waals surface area contributed by atoms with Gasteiger partial charge in [-0.1, -0.05) is 25.3 Å². The number of benzene rings is 1. The Bertz CT molecular complexity index is 1100. The third-order valence-corrected chi connectivity index (χ3v) is 6.80. The number of rotatable bonds is 4. The lowest BCUT2D eigenvalue weighted by atomic mass is 9.82. The van der Waals surface area contributed by atoms with Crippen LogP contribution in [0.25, 0.3) is 0 Å². The zero-order valence-corrected chi connectivity index (χ0v) is 18.6. The highest BCUT2D eigenvalue weighted by molar-refractivity contribution is 6.10. The third-order valence-electron chi connectivity index (χ3n) is 6.80. The largest absolute Gasteiger partial charge is 0.486 e. The molecule has 1 aromatic rings. The molecule has 3 aliphatic heterocycles. The van der Waals surface area contributed by atoms with E-state index in [1.165, 1.54) is 6.92 Å². The fourth-order valence-corrected chi connectivity index (χ4v) is 4.91. The maximum absolute atomic E-state index is 13.2. The van der Waals surface area contributed by atoms with Gasteiger partial charge in [-0.15, -0.1) is 0 Å². The molecule has 3 N–H and O–H groups in total. The number of hydrazine groups is 1. The number of hydrogen-bond acceptors (Lipinski definition) is 7. The number of hydrogen-bond donors (Lipinski definition) is 3. The van der Waals surface area contributed by atoms with Gasteiger partial charge in [0.05, 0.1) is 0 Å². The summed E-state index contributed by atoms with van der Waals surface area (Å²) in [6.07, 6.45) is 3.59. The van der Waals surface area contributed by atoms with Crippen molar-refractivity contribution in [1.29, 1.82) is 0 Å². The number of imide groups is 2. The number of ether oxygens (including phenoxy) is 2. The number of fused-ring (bicyclic) bond motifs is 1. The highest BCUT2D eigenvalue weighted by atomic mass is 16.6. The summed E-state index contributed by atoms with van der Waals surface area (Å²) in [5.41, 5.74) is 0.283. The minimum Gasteiger partial charge on any atom is -0.486 e. The molecule has 3 heterocycles. The number of urea groups is 2. The predicted octanol–water partition coefficient (Wildman–Crippen LogP) is 0.511. The van der Waals surface area contributed by atoms with Gasteiger partial charge in [0.2, 0.25) is 0 Å². The molecule has 0 aromatic heterocycles. The molecule has 12 nitrogen and oxygen atoms in total. The average Bonchev–Trinajstić information content (AvgIpc) is 3.18. The van der Waals surface area contributed by atoms with E-state index >= 15 is 0 Å². The van der Waals surface area contributed by atoms with Crippen molar-refractivity contribution in [2.24, 2.45) is 0 Å². The summed E-state index contributed by atoms with van der Waals surface area (Å²) in [4.78, 5) is 64.4. The Kier molecular flexibility index (Phi) is 5.10. The molecule has 1 unspecified atom stereocenters. The number of carbonyl (C=O) groups excluding carboxylic acids is 5. The second-order valence-corrected chi connectivity index (χ2v) is 9.05. The molecule has 0 bridgehead atoms. The fourth-order valence-electron chi connectivity index (χ4n) is 4.91. The van der Waals surface area contributed by atoms with Gasteiger partial charge in [0, 0.05) is 0 Å². The quantitative estimate of drug-likeness (QED) is 0.542. The SMILES string of the molecule is CC1(c2ccc3c(c2)OCCO3)NC(=O)N(CC(=O)NN2C(=O)NC3(CCCCC3)C2=O)C1=O. The van der Waals surface area contributed by atoms with Gasteiger partial charge in [-0.3, -0.25) is 24.7 Å². The molecular formula is C22H25N5O7. The smallest absolute Gasteiger partial charge is 0.344 e. The molecule has 3 fully saturated rings. The second-order valence-electron chi connectivity index (χ2n) is 9.05. The average molecular weight is 471 g/mol. The van der Waals surface area contributed by atoms with Crippen LogP contribution in [0.4, 0.5) is 9.59 Å². The molecule has 1 aliphatic carbocycles. The second kappa shape index (κ2) is 7.89. The molecule has 5 rings (SSSR count). The van der Waals surface area contributed by atoms with E-state index in [2.05, 4.69) is 16.1 Å². The molecule has 12 heteroatoms. The van der Waals surface area contributed by atoms with E-state index in [1.807, 2.05) is 0 Å². The summed E-state index contributed by atoms with van der Waals surface area (Å²) in [6, 6.07) is 3.43. The first kappa shape index (κ1) is 22.0. The van der Waals surface area contributed by atoms with Crippen molar-refractivity contribution in [3.05, 3.63) is 23.8 Å². The third kappa shape index (κ3) is 3.40. The standard InChI is InChI=1S/C22H25N5O7/c1-21(13-5-6-14-15(11-13)34-10-9-33-14)17(29)26(19(31)23-21)12-16(28)25-27-18(30)22(24-20(27)32)7-3-2-4-8-22/h5-6,11H,2-4,7-10,12H2,1H3,(H,23,31)(H,24,32)(H,25,28). The van der Waals surface area contributed by atoms with Gasteiger partial charge >= 0.3 is 12.1 Å². The van der Waals surface area contributed by atoms with Gasteiger partial charge in [-0.2, -0.15) is 5.01 Å². The van der Waals surface area contributed by atoms with Crippen molar-refractivity contribution in [2.75, 3.05) is 19.8 Å². The number of nitrogens with one attached hydrogen (secondary N) is 3. The molecule has 7 amide bonds. The first-order chi connectivity index (χ1) is 16.2. The molecule has 1 aromatic carbocycles. The highest BCUT2D eigenvalue weighted by Crippen LogP contribution is 2.37. The van der Waals surface area contributed by atoms with Crippen molar-refractivity contribution < 1.29 is 33.4 Å². The van der Waals surface area contributed by atoms with Crippen molar-refractivity contribution in [3.8, 4) is 11.5 Å². The van der Waals surface area contributed by atoms with Gasteiger partial charge in [0.1, 0.15) is 30.8 Å². The summed E-state index contributed by atoms with van der Waals surface area (Å²) in [5, 5.41) is 5.95. The number of nitrogens with zero attached hydrogens (tertiary/aromatic N) is 2. The molecule has 0 radical (unpaired) electrons. The van der Waals surface area contributed by atoms with Crippen LogP contribution in [0.3, 0.4) is 0 Å². The molecule has 34 heavy (non-hydrogen) atoms. The summed E-state index contributed by atoms with van der Waals surface area (Å²) in [7, 11) is 0. The summed E-state index contributed by atoms with van der Waals surface area (Å²) >= 11 is 0. The van der Waals surface area contributed by atoms with E-state index in [-0.39, 0.29) is 0 Å². The Balaban J connectivity index is 1.28. The molecular weight excluding hydrogens is 446 g/mol. The van der Waals surface area contributed by atoms with Crippen LogP contribution in [0.15, 0.2) is 18.2 Å². The van der Waals surface area contributed by atoms with Crippen LogP contribution in [-0.4, -0.2) is 65.0 Å². The van der Waals surface area contributed by atoms with Crippen LogP contribution in [0.5, 0.6) is 11.5 Å². The Morgan fingerprint density at radius 3 is 2.41 bits per heavy atom. The van der Waals surface area contributed by atoms with Crippen LogP contribution >= 0.6 is 0 Å². The van der Waals surface area contributed by atoms with Crippen LogP contribution in [0.1, 0.15) is 44.6 Å². The minimum atomic E-state index is -1.43. The Labute approximate surface area is 194 Å². The van der Waals surface area contributed by atoms with E-state index in [9.17, 15) is 24.0 Å². The summed E-state index contributed by atoms with van der Waals surface area (Å²) < 4.78 is 11.1. The zero-order valence-electron chi connectivity index (χ0n) is 18.6. The number of amides is 7. The van der Waals surface area contributed by atoms with Gasteiger partial charge < -0.3 is 20.1 Å². The van der Waals surface area contributed by atoms with Crippen molar-refractivity contribution in [3.63, 3.8) is 0 Å². The fraction of sp³-hybridized carbons (Fsp3) is 0.500. The molecule has 1 atom stereocenters. The summed E-state index contributed by atoms with van der Waals surface area (Å²) in [5.74, 6) is -1.02. The van der Waals surface area contributed by atoms with Gasteiger partial charge in [-0.25, -0.2) is 9.59 Å². The van der Waals surface area contributed by atoms with Crippen LogP contribution in [-0.2, 0) is 19.9 Å². The molecule has 180 valence electrons. The molecule has 4 aliphatic rings. The van der Waals surface area contributed by atoms with E-state index in [4.69, 9.17) is 9.47 Å². The molecule has 2 saturated heterocycles.